The summed E-state index contributed by atoms with van der Waals surface area (Å²) in [5, 5.41) is 6.14. The predicted molar refractivity (Wildman–Crippen MR) is 136 cm³/mol. The zero-order valence-corrected chi connectivity index (χ0v) is 21.2. The van der Waals surface area contributed by atoms with Gasteiger partial charge in [0.05, 0.1) is 20.8 Å². The smallest absolute Gasteiger partial charge is 0.251 e. The van der Waals surface area contributed by atoms with Crippen molar-refractivity contribution >= 4 is 35.8 Å². The number of hydrogen-bond donors (Lipinski definition) is 2. The third-order valence-electron chi connectivity index (χ3n) is 4.54. The third-order valence-corrected chi connectivity index (χ3v) is 4.54. The number of nitrogens with zero attached hydrogens (tertiary/aromatic N) is 2. The van der Waals surface area contributed by atoms with E-state index in [1.165, 1.54) is 0 Å². The van der Waals surface area contributed by atoms with Gasteiger partial charge in [0.1, 0.15) is 11.5 Å². The maximum Gasteiger partial charge on any atom is 0.251 e. The molecule has 0 saturated carbocycles. The summed E-state index contributed by atoms with van der Waals surface area (Å²) < 4.78 is 10.8. The largest absolute Gasteiger partial charge is 0.497 e. The molecule has 0 spiro atoms. The van der Waals surface area contributed by atoms with Gasteiger partial charge < -0.3 is 25.0 Å². The molecule has 0 radical (unpaired) electrons. The van der Waals surface area contributed by atoms with Crippen LogP contribution in [0.5, 0.6) is 11.5 Å². The number of ether oxygens (including phenoxy) is 2. The number of guanidine groups is 1. The molecule has 1 amide bonds. The molecule has 0 unspecified atom stereocenters. The third kappa shape index (κ3) is 7.93. The summed E-state index contributed by atoms with van der Waals surface area (Å²) in [5.74, 6) is 2.23. The molecule has 8 heteroatoms. The van der Waals surface area contributed by atoms with Crippen molar-refractivity contribution in [3.63, 3.8) is 0 Å². The average molecular weight is 540 g/mol. The van der Waals surface area contributed by atoms with Gasteiger partial charge in [0.15, 0.2) is 5.96 Å². The minimum atomic E-state index is -0.0704. The van der Waals surface area contributed by atoms with Gasteiger partial charge in [-0.3, -0.25) is 4.79 Å². The maximum absolute atomic E-state index is 12.1. The number of nitrogens with one attached hydrogen (secondary N) is 2. The van der Waals surface area contributed by atoms with E-state index in [1.807, 2.05) is 68.3 Å². The first kappa shape index (κ1) is 26.5. The van der Waals surface area contributed by atoms with E-state index in [0.717, 1.165) is 35.1 Å². The molecule has 0 fully saturated rings. The van der Waals surface area contributed by atoms with Crippen LogP contribution in [-0.4, -0.2) is 51.1 Å². The number of hydrogen-bond acceptors (Lipinski definition) is 4. The van der Waals surface area contributed by atoms with E-state index in [-0.39, 0.29) is 29.9 Å². The van der Waals surface area contributed by atoms with Crippen molar-refractivity contribution in [2.24, 2.45) is 4.99 Å². The number of carbonyl (C=O) groups is 1. The molecule has 2 rings (SSSR count). The van der Waals surface area contributed by atoms with Gasteiger partial charge in [0.2, 0.25) is 0 Å². The van der Waals surface area contributed by atoms with Crippen LogP contribution in [-0.2, 0) is 13.1 Å². The Balaban J connectivity index is 0.00000480. The Labute approximate surface area is 202 Å². The second-order valence-corrected chi connectivity index (χ2v) is 6.76. The van der Waals surface area contributed by atoms with Gasteiger partial charge >= 0.3 is 0 Å². The van der Waals surface area contributed by atoms with Crippen LogP contribution in [0.4, 0.5) is 0 Å². The van der Waals surface area contributed by atoms with Crippen LogP contribution in [0.1, 0.15) is 35.3 Å². The van der Waals surface area contributed by atoms with Gasteiger partial charge in [-0.15, -0.1) is 24.0 Å². The lowest BCUT2D eigenvalue weighted by molar-refractivity contribution is 0.0955. The van der Waals surface area contributed by atoms with E-state index in [2.05, 4.69) is 10.6 Å². The Morgan fingerprint density at radius 3 is 2.42 bits per heavy atom. The normalized spacial score (nSPS) is 10.7. The number of rotatable bonds is 9. The lowest BCUT2D eigenvalue weighted by Crippen LogP contribution is -2.38. The quantitative estimate of drug-likeness (QED) is 0.289. The Bertz CT molecular complexity index is 874. The molecule has 2 aromatic carbocycles. The van der Waals surface area contributed by atoms with Crippen LogP contribution in [0.3, 0.4) is 0 Å². The molecule has 0 heterocycles. The number of carbonyl (C=O) groups excluding carboxylic acids is 1. The Kier molecular flexibility index (Phi) is 11.8. The van der Waals surface area contributed by atoms with Crippen molar-refractivity contribution < 1.29 is 14.3 Å². The molecule has 0 aliphatic rings. The summed E-state index contributed by atoms with van der Waals surface area (Å²) in [5.41, 5.74) is 2.65. The number of halogens is 1. The van der Waals surface area contributed by atoms with Gasteiger partial charge in [-0.05, 0) is 43.7 Å². The Morgan fingerprint density at radius 2 is 1.77 bits per heavy atom. The van der Waals surface area contributed by atoms with Crippen molar-refractivity contribution in [1.29, 1.82) is 0 Å². The highest BCUT2D eigenvalue weighted by Gasteiger charge is 2.12. The fraction of sp³-hybridized carbons (Fsp3) is 0.391. The molecule has 31 heavy (non-hydrogen) atoms. The number of benzene rings is 2. The maximum atomic E-state index is 12.1. The first-order valence-electron chi connectivity index (χ1n) is 10.1. The zero-order valence-electron chi connectivity index (χ0n) is 18.9. The molecule has 170 valence electrons. The summed E-state index contributed by atoms with van der Waals surface area (Å²) in [7, 11) is 5.27. The van der Waals surface area contributed by atoms with Gasteiger partial charge in [0, 0.05) is 43.9 Å². The SMILES string of the molecule is CCNC(=O)c1cccc(CN=C(NCC)N(C)Cc2ccc(OC)cc2OC)c1.I. The number of methoxy groups -OCH3 is 2. The van der Waals surface area contributed by atoms with Gasteiger partial charge in [-0.2, -0.15) is 0 Å². The van der Waals surface area contributed by atoms with Crippen LogP contribution >= 0.6 is 24.0 Å². The molecular formula is C23H33IN4O3. The fourth-order valence-corrected chi connectivity index (χ4v) is 3.02. The number of amides is 1. The zero-order chi connectivity index (χ0) is 21.9. The minimum Gasteiger partial charge on any atom is -0.497 e. The first-order chi connectivity index (χ1) is 14.5. The highest BCUT2D eigenvalue weighted by atomic mass is 127. The molecular weight excluding hydrogens is 507 g/mol. The summed E-state index contributed by atoms with van der Waals surface area (Å²) >= 11 is 0. The molecule has 0 aliphatic heterocycles. The van der Waals surface area contributed by atoms with Crippen LogP contribution in [0, 0.1) is 0 Å². The monoisotopic (exact) mass is 540 g/mol. The summed E-state index contributed by atoms with van der Waals surface area (Å²) in [6.45, 7) is 6.39. The van der Waals surface area contributed by atoms with Crippen molar-refractivity contribution in [2.75, 3.05) is 34.4 Å². The standard InChI is InChI=1S/C23H32N4O3.HI/c1-6-24-22(28)18-10-8-9-17(13-18)15-26-23(25-7-2)27(3)16-19-11-12-20(29-4)14-21(19)30-5;/h8-14H,6-7,15-16H2,1-5H3,(H,24,28)(H,25,26);1H. The number of aliphatic imine (C=N–C) groups is 1. The Hall–Kier alpha value is -2.49. The van der Waals surface area contributed by atoms with Crippen LogP contribution in [0.15, 0.2) is 47.5 Å². The van der Waals surface area contributed by atoms with E-state index in [1.54, 1.807) is 14.2 Å². The lowest BCUT2D eigenvalue weighted by atomic mass is 10.1. The highest BCUT2D eigenvalue weighted by molar-refractivity contribution is 14.0. The average Bonchev–Trinajstić information content (AvgIpc) is 2.77. The Morgan fingerprint density at radius 1 is 1.03 bits per heavy atom. The van der Waals surface area contributed by atoms with Crippen molar-refractivity contribution in [3.8, 4) is 11.5 Å². The second kappa shape index (κ2) is 13.7. The molecule has 0 saturated heterocycles. The molecule has 2 aromatic rings. The molecule has 0 atom stereocenters. The second-order valence-electron chi connectivity index (χ2n) is 6.76. The van der Waals surface area contributed by atoms with Crippen molar-refractivity contribution in [3.05, 3.63) is 59.2 Å². The lowest BCUT2D eigenvalue weighted by Gasteiger charge is -2.23. The van der Waals surface area contributed by atoms with Crippen LogP contribution in [0.2, 0.25) is 0 Å². The summed E-state index contributed by atoms with van der Waals surface area (Å²) in [6.07, 6.45) is 0. The highest BCUT2D eigenvalue weighted by Crippen LogP contribution is 2.25. The topological polar surface area (TPSA) is 75.2 Å². The van der Waals surface area contributed by atoms with E-state index in [9.17, 15) is 4.79 Å². The molecule has 0 bridgehead atoms. The molecule has 7 nitrogen and oxygen atoms in total. The van der Waals surface area contributed by atoms with E-state index >= 15 is 0 Å². The van der Waals surface area contributed by atoms with Crippen LogP contribution < -0.4 is 20.1 Å². The molecule has 2 N–H and O–H groups in total. The van der Waals surface area contributed by atoms with Gasteiger partial charge in [0.25, 0.3) is 5.91 Å². The van der Waals surface area contributed by atoms with Crippen molar-refractivity contribution in [1.82, 2.24) is 15.5 Å². The summed E-state index contributed by atoms with van der Waals surface area (Å²) in [4.78, 5) is 18.9. The first-order valence-corrected chi connectivity index (χ1v) is 10.1. The van der Waals surface area contributed by atoms with E-state index in [4.69, 9.17) is 14.5 Å². The molecule has 0 aromatic heterocycles. The van der Waals surface area contributed by atoms with Crippen molar-refractivity contribution in [2.45, 2.75) is 26.9 Å². The predicted octanol–water partition coefficient (Wildman–Crippen LogP) is 3.67. The van der Waals surface area contributed by atoms with Gasteiger partial charge in [-0.25, -0.2) is 4.99 Å². The van der Waals surface area contributed by atoms with E-state index in [0.29, 0.717) is 25.2 Å². The fourth-order valence-electron chi connectivity index (χ4n) is 3.02. The molecule has 0 aliphatic carbocycles. The van der Waals surface area contributed by atoms with Crippen LogP contribution in [0.25, 0.3) is 0 Å². The summed E-state index contributed by atoms with van der Waals surface area (Å²) in [6, 6.07) is 13.3. The van der Waals surface area contributed by atoms with E-state index < -0.39 is 0 Å². The van der Waals surface area contributed by atoms with Gasteiger partial charge in [-0.1, -0.05) is 12.1 Å². The minimum absolute atomic E-state index is 0.